The quantitative estimate of drug-likeness (QED) is 0.399. The lowest BCUT2D eigenvalue weighted by molar-refractivity contribution is -0.138. The van der Waals surface area contributed by atoms with Crippen molar-refractivity contribution in [1.82, 2.24) is 10.6 Å². The molecule has 0 fully saturated rings. The minimum Gasteiger partial charge on any atom is -0.398 e. The molecule has 6 N–H and O–H groups in total. The van der Waals surface area contributed by atoms with E-state index in [-0.39, 0.29) is 22.7 Å². The van der Waals surface area contributed by atoms with Gasteiger partial charge in [-0.1, -0.05) is 24.3 Å². The summed E-state index contributed by atoms with van der Waals surface area (Å²) in [7, 11) is -3.77. The zero-order valence-corrected chi connectivity index (χ0v) is 15.0. The van der Waals surface area contributed by atoms with Gasteiger partial charge < -0.3 is 11.1 Å². The molecule has 10 heteroatoms. The molecule has 3 amide bonds. The zero-order chi connectivity index (χ0) is 20.0. The lowest BCUT2D eigenvalue weighted by atomic mass is 10.1. The number of carbonyl (C=O) groups excluding carboxylic acids is 3. The van der Waals surface area contributed by atoms with Crippen molar-refractivity contribution in [2.24, 2.45) is 5.14 Å². The highest BCUT2D eigenvalue weighted by Gasteiger charge is 2.18. The number of rotatable bonds is 5. The van der Waals surface area contributed by atoms with E-state index in [4.69, 9.17) is 10.9 Å². The fourth-order valence-corrected chi connectivity index (χ4v) is 2.69. The number of anilines is 1. The van der Waals surface area contributed by atoms with Crippen LogP contribution in [0.15, 0.2) is 53.4 Å². The van der Waals surface area contributed by atoms with E-state index in [0.717, 1.165) is 5.56 Å². The number of hydrogen-bond donors (Lipinski definition) is 4. The molecule has 0 aliphatic rings. The van der Waals surface area contributed by atoms with Crippen molar-refractivity contribution < 1.29 is 22.8 Å². The lowest BCUT2D eigenvalue weighted by Gasteiger charge is -2.07. The highest BCUT2D eigenvalue weighted by atomic mass is 32.2. The fourth-order valence-electron chi connectivity index (χ4n) is 2.18. The largest absolute Gasteiger partial charge is 0.398 e. The standard InChI is InChI=1S/C17H18N4O5S/c18-14-4-2-1-3-13(14)15(22)21-17(24)16(23)20-10-9-11-5-7-12(8-6-11)27(19,25)26/h1-8H,9-10,18H2,(H,20,23)(H2,19,25,26)(H,21,22,24). The Hall–Kier alpha value is -3.24. The minimum atomic E-state index is -3.77. The van der Waals surface area contributed by atoms with Crippen molar-refractivity contribution in [1.29, 1.82) is 0 Å². The van der Waals surface area contributed by atoms with Crippen LogP contribution in [-0.4, -0.2) is 32.7 Å². The highest BCUT2D eigenvalue weighted by Crippen LogP contribution is 2.10. The maximum absolute atomic E-state index is 11.9. The van der Waals surface area contributed by atoms with Crippen LogP contribution in [0.25, 0.3) is 0 Å². The summed E-state index contributed by atoms with van der Waals surface area (Å²) in [5, 5.41) is 9.34. The predicted molar refractivity (Wildman–Crippen MR) is 97.9 cm³/mol. The van der Waals surface area contributed by atoms with Crippen LogP contribution >= 0.6 is 0 Å². The van der Waals surface area contributed by atoms with E-state index < -0.39 is 27.7 Å². The molecule has 0 saturated carbocycles. The van der Waals surface area contributed by atoms with Gasteiger partial charge in [0, 0.05) is 12.2 Å². The molecule has 0 bridgehead atoms. The zero-order valence-electron chi connectivity index (χ0n) is 14.1. The van der Waals surface area contributed by atoms with Gasteiger partial charge in [-0.05, 0) is 36.2 Å². The monoisotopic (exact) mass is 390 g/mol. The molecule has 0 heterocycles. The summed E-state index contributed by atoms with van der Waals surface area (Å²) in [6.07, 6.45) is 0.351. The number of nitrogens with one attached hydrogen (secondary N) is 2. The Bertz CT molecular complexity index is 971. The van der Waals surface area contributed by atoms with Crippen molar-refractivity contribution in [3.8, 4) is 0 Å². The van der Waals surface area contributed by atoms with Gasteiger partial charge in [-0.2, -0.15) is 0 Å². The fraction of sp³-hybridized carbons (Fsp3) is 0.118. The number of carbonyl (C=O) groups is 3. The van der Waals surface area contributed by atoms with Gasteiger partial charge in [-0.25, -0.2) is 13.6 Å². The molecule has 0 unspecified atom stereocenters. The number of para-hydroxylation sites is 1. The third-order valence-electron chi connectivity index (χ3n) is 3.59. The van der Waals surface area contributed by atoms with Crippen molar-refractivity contribution in [3.05, 3.63) is 59.7 Å². The number of sulfonamides is 1. The molecule has 0 radical (unpaired) electrons. The van der Waals surface area contributed by atoms with Gasteiger partial charge in [0.1, 0.15) is 0 Å². The molecule has 0 spiro atoms. The van der Waals surface area contributed by atoms with E-state index in [1.165, 1.54) is 24.3 Å². The molecule has 0 saturated heterocycles. The lowest BCUT2D eigenvalue weighted by Crippen LogP contribution is -2.43. The molecule has 0 aliphatic carbocycles. The first-order chi connectivity index (χ1) is 12.7. The van der Waals surface area contributed by atoms with Crippen LogP contribution < -0.4 is 21.5 Å². The van der Waals surface area contributed by atoms with Crippen molar-refractivity contribution in [3.63, 3.8) is 0 Å². The molecule has 2 aromatic carbocycles. The first-order valence-electron chi connectivity index (χ1n) is 7.78. The van der Waals surface area contributed by atoms with Gasteiger partial charge in [0.2, 0.25) is 10.0 Å². The van der Waals surface area contributed by atoms with Crippen LogP contribution in [0.4, 0.5) is 5.69 Å². The van der Waals surface area contributed by atoms with E-state index in [1.807, 2.05) is 5.32 Å². The van der Waals surface area contributed by atoms with E-state index in [1.54, 1.807) is 24.3 Å². The van der Waals surface area contributed by atoms with E-state index in [2.05, 4.69) is 5.32 Å². The maximum Gasteiger partial charge on any atom is 0.316 e. The number of hydrogen-bond acceptors (Lipinski definition) is 6. The Morgan fingerprint density at radius 2 is 1.56 bits per heavy atom. The summed E-state index contributed by atoms with van der Waals surface area (Å²) < 4.78 is 22.4. The van der Waals surface area contributed by atoms with Gasteiger partial charge in [-0.3, -0.25) is 19.7 Å². The van der Waals surface area contributed by atoms with Crippen LogP contribution in [0.2, 0.25) is 0 Å². The molecule has 27 heavy (non-hydrogen) atoms. The Morgan fingerprint density at radius 3 is 2.15 bits per heavy atom. The second kappa shape index (κ2) is 8.43. The molecule has 142 valence electrons. The van der Waals surface area contributed by atoms with Crippen LogP contribution in [0.3, 0.4) is 0 Å². The third kappa shape index (κ3) is 5.62. The summed E-state index contributed by atoms with van der Waals surface area (Å²) in [4.78, 5) is 35.5. The van der Waals surface area contributed by atoms with Crippen LogP contribution in [0.5, 0.6) is 0 Å². The van der Waals surface area contributed by atoms with Crippen molar-refractivity contribution in [2.75, 3.05) is 12.3 Å². The van der Waals surface area contributed by atoms with E-state index >= 15 is 0 Å². The van der Waals surface area contributed by atoms with Gasteiger partial charge in [-0.15, -0.1) is 0 Å². The minimum absolute atomic E-state index is 0.0200. The number of benzene rings is 2. The van der Waals surface area contributed by atoms with Crippen LogP contribution in [0, 0.1) is 0 Å². The molecule has 2 rings (SSSR count). The van der Waals surface area contributed by atoms with E-state index in [0.29, 0.717) is 6.42 Å². The number of primary sulfonamides is 1. The highest BCUT2D eigenvalue weighted by molar-refractivity contribution is 7.89. The first kappa shape index (κ1) is 20.1. The number of nitrogens with two attached hydrogens (primary N) is 2. The van der Waals surface area contributed by atoms with Crippen molar-refractivity contribution >= 4 is 33.4 Å². The number of imide groups is 1. The van der Waals surface area contributed by atoms with Gasteiger partial charge in [0.15, 0.2) is 0 Å². The average molecular weight is 390 g/mol. The van der Waals surface area contributed by atoms with Crippen molar-refractivity contribution in [2.45, 2.75) is 11.3 Å². The Balaban J connectivity index is 1.84. The number of nitrogen functional groups attached to an aromatic ring is 1. The van der Waals surface area contributed by atoms with Crippen LogP contribution in [0.1, 0.15) is 15.9 Å². The summed E-state index contributed by atoms with van der Waals surface area (Å²) in [5.41, 5.74) is 6.65. The molecule has 2 aromatic rings. The molecular weight excluding hydrogens is 372 g/mol. The van der Waals surface area contributed by atoms with Gasteiger partial charge >= 0.3 is 11.8 Å². The van der Waals surface area contributed by atoms with E-state index in [9.17, 15) is 22.8 Å². The summed E-state index contributed by atoms with van der Waals surface area (Å²) in [5.74, 6) is -2.85. The molecule has 0 aliphatic heterocycles. The smallest absolute Gasteiger partial charge is 0.316 e. The molecule has 0 atom stereocenters. The average Bonchev–Trinajstić information content (AvgIpc) is 2.61. The first-order valence-corrected chi connectivity index (χ1v) is 9.33. The molecule has 0 aromatic heterocycles. The second-order valence-electron chi connectivity index (χ2n) is 5.57. The Morgan fingerprint density at radius 1 is 0.926 bits per heavy atom. The summed E-state index contributed by atoms with van der Waals surface area (Å²) in [6, 6.07) is 11.9. The normalized spacial score (nSPS) is 10.9. The van der Waals surface area contributed by atoms with Gasteiger partial charge in [0.25, 0.3) is 5.91 Å². The second-order valence-corrected chi connectivity index (χ2v) is 7.13. The third-order valence-corrected chi connectivity index (χ3v) is 4.52. The topological polar surface area (TPSA) is 161 Å². The number of amides is 3. The van der Waals surface area contributed by atoms with Crippen LogP contribution in [-0.2, 0) is 26.0 Å². The summed E-state index contributed by atoms with van der Waals surface area (Å²) in [6.45, 7) is 0.114. The maximum atomic E-state index is 11.9. The molecule has 9 nitrogen and oxygen atoms in total. The molecular formula is C17H18N4O5S. The predicted octanol–water partition coefficient (Wildman–Crippen LogP) is -0.468. The Labute approximate surface area is 155 Å². The summed E-state index contributed by atoms with van der Waals surface area (Å²) >= 11 is 0. The SMILES string of the molecule is Nc1ccccc1C(=O)NC(=O)C(=O)NCCc1ccc(S(N)(=O)=O)cc1. The Kier molecular flexibility index (Phi) is 6.27. The van der Waals surface area contributed by atoms with Gasteiger partial charge in [0.05, 0.1) is 10.5 Å².